The highest BCUT2D eigenvalue weighted by Gasteiger charge is 2.12. The van der Waals surface area contributed by atoms with Gasteiger partial charge in [-0.1, -0.05) is 12.1 Å². The van der Waals surface area contributed by atoms with Crippen LogP contribution < -0.4 is 16.1 Å². The average molecular weight is 399 g/mol. The summed E-state index contributed by atoms with van der Waals surface area (Å²) in [5.41, 5.74) is 2.45. The minimum absolute atomic E-state index is 0.105. The minimum Gasteiger partial charge on any atom is -0.508 e. The average Bonchev–Trinajstić information content (AvgIpc) is 3.12. The van der Waals surface area contributed by atoms with Gasteiger partial charge in [-0.15, -0.1) is 0 Å². The predicted molar refractivity (Wildman–Crippen MR) is 114 cm³/mol. The molecule has 9 heteroatoms. The van der Waals surface area contributed by atoms with Crippen LogP contribution in [0.15, 0.2) is 60.8 Å². The van der Waals surface area contributed by atoms with Gasteiger partial charge in [0, 0.05) is 36.5 Å². The Kier molecular flexibility index (Phi) is 5.25. The third kappa shape index (κ3) is 3.91. The summed E-state index contributed by atoms with van der Waals surface area (Å²) in [5, 5.41) is 29.7. The molecule has 4 rings (SSSR count). The number of rotatable bonds is 6. The van der Waals surface area contributed by atoms with Crippen molar-refractivity contribution in [1.29, 1.82) is 0 Å². The Hall–Kier alpha value is -4.01. The SMILES string of the molecule is [B]c1cnn2c(NCCNC(=O)c3ccc(O)cc3)cc(-c3ccccc3O)nc12. The maximum atomic E-state index is 12.2. The Morgan fingerprint density at radius 2 is 1.83 bits per heavy atom. The van der Waals surface area contributed by atoms with Crippen molar-refractivity contribution in [2.24, 2.45) is 0 Å². The van der Waals surface area contributed by atoms with Crippen molar-refractivity contribution in [1.82, 2.24) is 19.9 Å². The first-order valence-corrected chi connectivity index (χ1v) is 9.26. The number of aromatic hydroxyl groups is 2. The van der Waals surface area contributed by atoms with E-state index in [1.807, 2.05) is 6.07 Å². The van der Waals surface area contributed by atoms with Crippen LogP contribution in [0.5, 0.6) is 11.5 Å². The van der Waals surface area contributed by atoms with E-state index < -0.39 is 0 Å². The van der Waals surface area contributed by atoms with Crippen LogP contribution in [0.4, 0.5) is 5.82 Å². The molecule has 2 heterocycles. The van der Waals surface area contributed by atoms with Gasteiger partial charge in [0.05, 0.1) is 5.69 Å². The summed E-state index contributed by atoms with van der Waals surface area (Å²) in [6.45, 7) is 0.773. The van der Waals surface area contributed by atoms with Gasteiger partial charge in [-0.3, -0.25) is 4.79 Å². The van der Waals surface area contributed by atoms with E-state index in [0.29, 0.717) is 46.8 Å². The number of carbonyl (C=O) groups excluding carboxylic acids is 1. The number of para-hydroxylation sites is 1. The Labute approximate surface area is 173 Å². The minimum atomic E-state index is -0.241. The van der Waals surface area contributed by atoms with Gasteiger partial charge in [0.25, 0.3) is 5.91 Å². The molecular weight excluding hydrogens is 381 g/mol. The normalized spacial score (nSPS) is 10.8. The molecule has 0 atom stereocenters. The summed E-state index contributed by atoms with van der Waals surface area (Å²) in [4.78, 5) is 16.7. The summed E-state index contributed by atoms with van der Waals surface area (Å²) in [6, 6.07) is 14.7. The van der Waals surface area contributed by atoms with E-state index in [1.165, 1.54) is 18.3 Å². The number of hydrogen-bond acceptors (Lipinski definition) is 6. The zero-order chi connectivity index (χ0) is 21.1. The third-order valence-corrected chi connectivity index (χ3v) is 4.53. The molecule has 0 saturated heterocycles. The highest BCUT2D eigenvalue weighted by atomic mass is 16.3. The number of anilines is 1. The van der Waals surface area contributed by atoms with Crippen LogP contribution in [0, 0.1) is 0 Å². The van der Waals surface area contributed by atoms with E-state index in [2.05, 4.69) is 20.7 Å². The van der Waals surface area contributed by atoms with Crippen LogP contribution in [0.3, 0.4) is 0 Å². The van der Waals surface area contributed by atoms with Crippen LogP contribution >= 0.6 is 0 Å². The second kappa shape index (κ2) is 8.16. The van der Waals surface area contributed by atoms with Crippen molar-refractivity contribution < 1.29 is 15.0 Å². The van der Waals surface area contributed by atoms with E-state index in [0.717, 1.165) is 0 Å². The summed E-state index contributed by atoms with van der Waals surface area (Å²) in [6.07, 6.45) is 1.51. The lowest BCUT2D eigenvalue weighted by atomic mass is 10.0. The number of carbonyl (C=O) groups is 1. The number of hydrogen-bond donors (Lipinski definition) is 4. The van der Waals surface area contributed by atoms with Crippen molar-refractivity contribution >= 4 is 30.7 Å². The molecule has 0 aliphatic rings. The molecule has 1 amide bonds. The maximum Gasteiger partial charge on any atom is 0.251 e. The molecule has 0 unspecified atom stereocenters. The smallest absolute Gasteiger partial charge is 0.251 e. The summed E-state index contributed by atoms with van der Waals surface area (Å²) < 4.78 is 1.57. The lowest BCUT2D eigenvalue weighted by molar-refractivity contribution is 0.0955. The number of phenolic OH excluding ortho intramolecular Hbond substituents is 2. The van der Waals surface area contributed by atoms with Gasteiger partial charge in [0.15, 0.2) is 5.65 Å². The van der Waals surface area contributed by atoms with Crippen LogP contribution in [0.25, 0.3) is 16.9 Å². The Balaban J connectivity index is 1.50. The number of amides is 1. The highest BCUT2D eigenvalue weighted by molar-refractivity contribution is 6.36. The number of aromatic nitrogens is 3. The number of fused-ring (bicyclic) bond motifs is 1. The molecule has 2 aromatic heterocycles. The number of nitrogens with one attached hydrogen (secondary N) is 2. The first kappa shape index (κ1) is 19.3. The van der Waals surface area contributed by atoms with Gasteiger partial charge in [0.1, 0.15) is 25.2 Å². The van der Waals surface area contributed by atoms with Gasteiger partial charge in [-0.25, -0.2) is 4.98 Å². The lowest BCUT2D eigenvalue weighted by Crippen LogP contribution is -2.29. The van der Waals surface area contributed by atoms with Gasteiger partial charge < -0.3 is 20.8 Å². The molecule has 2 aromatic carbocycles. The Bertz CT molecular complexity index is 1210. The highest BCUT2D eigenvalue weighted by Crippen LogP contribution is 2.29. The molecule has 0 saturated carbocycles. The predicted octanol–water partition coefficient (Wildman–Crippen LogP) is 1.44. The third-order valence-electron chi connectivity index (χ3n) is 4.53. The molecule has 2 radical (unpaired) electrons. The van der Waals surface area contributed by atoms with E-state index in [-0.39, 0.29) is 17.4 Å². The van der Waals surface area contributed by atoms with E-state index in [9.17, 15) is 15.0 Å². The van der Waals surface area contributed by atoms with E-state index in [1.54, 1.807) is 40.9 Å². The van der Waals surface area contributed by atoms with Crippen molar-refractivity contribution in [2.45, 2.75) is 0 Å². The quantitative estimate of drug-likeness (QED) is 0.289. The second-order valence-electron chi connectivity index (χ2n) is 6.61. The molecule has 0 aliphatic carbocycles. The molecule has 148 valence electrons. The van der Waals surface area contributed by atoms with Crippen molar-refractivity contribution in [3.8, 4) is 22.8 Å². The molecule has 30 heavy (non-hydrogen) atoms. The summed E-state index contributed by atoms with van der Waals surface area (Å²) in [7, 11) is 5.99. The van der Waals surface area contributed by atoms with Gasteiger partial charge in [-0.05, 0) is 41.9 Å². The Morgan fingerprint density at radius 1 is 1.07 bits per heavy atom. The number of phenols is 2. The molecule has 0 bridgehead atoms. The number of nitrogens with zero attached hydrogens (tertiary/aromatic N) is 3. The zero-order valence-corrected chi connectivity index (χ0v) is 15.9. The molecule has 0 aliphatic heterocycles. The molecule has 0 fully saturated rings. The topological polar surface area (TPSA) is 112 Å². The Morgan fingerprint density at radius 3 is 2.60 bits per heavy atom. The van der Waals surface area contributed by atoms with Gasteiger partial charge >= 0.3 is 0 Å². The molecule has 4 N–H and O–H groups in total. The monoisotopic (exact) mass is 399 g/mol. The standard InChI is InChI=1S/C21H18BN5O3/c22-16-12-25-27-19(11-17(26-20(16)27)15-3-1-2-4-18(15)29)23-9-10-24-21(30)13-5-7-14(28)8-6-13/h1-8,11-12,23,28-29H,9-10H2,(H,24,30). The molecule has 8 nitrogen and oxygen atoms in total. The molecule has 0 spiro atoms. The van der Waals surface area contributed by atoms with E-state index >= 15 is 0 Å². The fourth-order valence-corrected chi connectivity index (χ4v) is 3.02. The van der Waals surface area contributed by atoms with Gasteiger partial charge in [0.2, 0.25) is 0 Å². The van der Waals surface area contributed by atoms with Crippen molar-refractivity contribution in [3.63, 3.8) is 0 Å². The summed E-state index contributed by atoms with van der Waals surface area (Å²) in [5.74, 6) is 0.594. The molecular formula is C21H18BN5O3. The second-order valence-corrected chi connectivity index (χ2v) is 6.61. The fourth-order valence-electron chi connectivity index (χ4n) is 3.02. The fraction of sp³-hybridized carbons (Fsp3) is 0.0952. The van der Waals surface area contributed by atoms with Crippen LogP contribution in [-0.2, 0) is 0 Å². The largest absolute Gasteiger partial charge is 0.508 e. The maximum absolute atomic E-state index is 12.2. The first-order valence-electron chi connectivity index (χ1n) is 9.26. The first-order chi connectivity index (χ1) is 14.5. The zero-order valence-electron chi connectivity index (χ0n) is 15.9. The van der Waals surface area contributed by atoms with Gasteiger partial charge in [-0.2, -0.15) is 9.61 Å². The van der Waals surface area contributed by atoms with Crippen molar-refractivity contribution in [2.75, 3.05) is 18.4 Å². The van der Waals surface area contributed by atoms with Crippen LogP contribution in [-0.4, -0.2) is 51.7 Å². The number of benzene rings is 2. The van der Waals surface area contributed by atoms with Crippen molar-refractivity contribution in [3.05, 3.63) is 66.4 Å². The van der Waals surface area contributed by atoms with Crippen LogP contribution in [0.1, 0.15) is 10.4 Å². The van der Waals surface area contributed by atoms with E-state index in [4.69, 9.17) is 7.85 Å². The lowest BCUT2D eigenvalue weighted by Gasteiger charge is -2.12. The molecule has 4 aromatic rings. The van der Waals surface area contributed by atoms with Crippen LogP contribution in [0.2, 0.25) is 0 Å². The summed E-state index contributed by atoms with van der Waals surface area (Å²) >= 11 is 0.